The minimum absolute atomic E-state index is 0.176. The quantitative estimate of drug-likeness (QED) is 0.550. The number of benzene rings is 1. The summed E-state index contributed by atoms with van der Waals surface area (Å²) in [4.78, 5) is 22.7. The first kappa shape index (κ1) is 14.4. The van der Waals surface area contributed by atoms with Crippen molar-refractivity contribution in [3.63, 3.8) is 0 Å². The molecule has 0 unspecified atom stereocenters. The molecule has 0 fully saturated rings. The number of Topliss-reactive ketones (excluding diaryl/α,β-unsaturated/α-hetero) is 1. The maximum Gasteiger partial charge on any atom is 0.302 e. The SMILES string of the molecule is CCCCC(=O)c1ccccc1CCOC(C)=O. The van der Waals surface area contributed by atoms with Crippen molar-refractivity contribution in [1.82, 2.24) is 0 Å². The molecule has 1 aromatic rings. The van der Waals surface area contributed by atoms with Crippen molar-refractivity contribution in [1.29, 1.82) is 0 Å². The summed E-state index contributed by atoms with van der Waals surface area (Å²) in [6, 6.07) is 7.54. The van der Waals surface area contributed by atoms with Gasteiger partial charge >= 0.3 is 5.97 Å². The van der Waals surface area contributed by atoms with Crippen LogP contribution < -0.4 is 0 Å². The van der Waals surface area contributed by atoms with E-state index in [1.54, 1.807) is 0 Å². The van der Waals surface area contributed by atoms with Crippen LogP contribution >= 0.6 is 0 Å². The molecule has 0 aliphatic carbocycles. The van der Waals surface area contributed by atoms with Gasteiger partial charge < -0.3 is 4.74 Å². The lowest BCUT2D eigenvalue weighted by Gasteiger charge is -2.08. The molecule has 0 saturated heterocycles. The smallest absolute Gasteiger partial charge is 0.302 e. The maximum absolute atomic E-state index is 12.0. The van der Waals surface area contributed by atoms with Gasteiger partial charge in [-0.2, -0.15) is 0 Å². The minimum Gasteiger partial charge on any atom is -0.466 e. The third-order valence-electron chi connectivity index (χ3n) is 2.75. The third kappa shape index (κ3) is 4.70. The second-order valence-corrected chi connectivity index (χ2v) is 4.27. The molecule has 0 N–H and O–H groups in total. The Labute approximate surface area is 108 Å². The fourth-order valence-electron chi connectivity index (χ4n) is 1.79. The molecule has 0 radical (unpaired) electrons. The molecule has 1 aromatic carbocycles. The summed E-state index contributed by atoms with van der Waals surface area (Å²) in [5.41, 5.74) is 1.72. The third-order valence-corrected chi connectivity index (χ3v) is 2.75. The van der Waals surface area contributed by atoms with Crippen LogP contribution in [0, 0.1) is 0 Å². The standard InChI is InChI=1S/C15H20O3/c1-3-4-9-15(17)14-8-6-5-7-13(14)10-11-18-12(2)16/h5-8H,3-4,9-11H2,1-2H3. The van der Waals surface area contributed by atoms with E-state index in [9.17, 15) is 9.59 Å². The van der Waals surface area contributed by atoms with E-state index in [0.29, 0.717) is 19.4 Å². The summed E-state index contributed by atoms with van der Waals surface area (Å²) in [5.74, 6) is -0.111. The highest BCUT2D eigenvalue weighted by atomic mass is 16.5. The first-order valence-electron chi connectivity index (χ1n) is 6.39. The van der Waals surface area contributed by atoms with Crippen LogP contribution in [-0.2, 0) is 16.0 Å². The average Bonchev–Trinajstić information content (AvgIpc) is 2.36. The average molecular weight is 248 g/mol. The van der Waals surface area contributed by atoms with Crippen LogP contribution in [0.15, 0.2) is 24.3 Å². The van der Waals surface area contributed by atoms with Crippen molar-refractivity contribution in [2.24, 2.45) is 0 Å². The fourth-order valence-corrected chi connectivity index (χ4v) is 1.79. The Hall–Kier alpha value is -1.64. The van der Waals surface area contributed by atoms with Crippen molar-refractivity contribution < 1.29 is 14.3 Å². The second kappa shape index (κ2) is 7.64. The Balaban J connectivity index is 2.66. The molecule has 98 valence electrons. The first-order valence-corrected chi connectivity index (χ1v) is 6.39. The number of carbonyl (C=O) groups is 2. The van der Waals surface area contributed by atoms with Crippen LogP contribution in [0.4, 0.5) is 0 Å². The van der Waals surface area contributed by atoms with Crippen molar-refractivity contribution in [3.8, 4) is 0 Å². The number of unbranched alkanes of at least 4 members (excludes halogenated alkanes) is 1. The number of carbonyl (C=O) groups excluding carboxylic acids is 2. The molecule has 0 spiro atoms. The van der Waals surface area contributed by atoms with Gasteiger partial charge in [0.1, 0.15) is 0 Å². The van der Waals surface area contributed by atoms with Gasteiger partial charge in [-0.05, 0) is 12.0 Å². The van der Waals surface area contributed by atoms with E-state index in [4.69, 9.17) is 4.74 Å². The van der Waals surface area contributed by atoms with Crippen LogP contribution in [0.2, 0.25) is 0 Å². The molecule has 0 heterocycles. The van der Waals surface area contributed by atoms with E-state index >= 15 is 0 Å². The highest BCUT2D eigenvalue weighted by Crippen LogP contribution is 2.13. The van der Waals surface area contributed by atoms with E-state index in [0.717, 1.165) is 24.0 Å². The molecule has 1 rings (SSSR count). The van der Waals surface area contributed by atoms with Gasteiger partial charge in [0.25, 0.3) is 0 Å². The van der Waals surface area contributed by atoms with Gasteiger partial charge in [0.05, 0.1) is 6.61 Å². The lowest BCUT2D eigenvalue weighted by Crippen LogP contribution is -2.08. The first-order chi connectivity index (χ1) is 8.65. The predicted molar refractivity (Wildman–Crippen MR) is 70.6 cm³/mol. The molecule has 0 aliphatic heterocycles. The molecule has 0 amide bonds. The van der Waals surface area contributed by atoms with E-state index in [2.05, 4.69) is 6.92 Å². The molecule has 0 bridgehead atoms. The summed E-state index contributed by atoms with van der Waals surface area (Å²) in [5, 5.41) is 0. The van der Waals surface area contributed by atoms with Gasteiger partial charge in [-0.15, -0.1) is 0 Å². The molecule has 3 heteroatoms. The highest BCUT2D eigenvalue weighted by Gasteiger charge is 2.10. The topological polar surface area (TPSA) is 43.4 Å². The van der Waals surface area contributed by atoms with Crippen molar-refractivity contribution in [2.75, 3.05) is 6.61 Å². The molecular formula is C15H20O3. The van der Waals surface area contributed by atoms with E-state index in [1.165, 1.54) is 6.92 Å². The molecule has 0 aliphatic rings. The van der Waals surface area contributed by atoms with Gasteiger partial charge in [-0.1, -0.05) is 37.6 Å². The Kier molecular flexibility index (Phi) is 6.12. The molecule has 18 heavy (non-hydrogen) atoms. The zero-order chi connectivity index (χ0) is 13.4. The predicted octanol–water partition coefficient (Wildman–Crippen LogP) is 3.17. The summed E-state index contributed by atoms with van der Waals surface area (Å²) in [6.07, 6.45) is 3.10. The number of rotatable bonds is 7. The second-order valence-electron chi connectivity index (χ2n) is 4.27. The Morgan fingerprint density at radius 3 is 2.61 bits per heavy atom. The van der Waals surface area contributed by atoms with E-state index in [-0.39, 0.29) is 11.8 Å². The normalized spacial score (nSPS) is 10.1. The Morgan fingerprint density at radius 2 is 1.94 bits per heavy atom. The fraction of sp³-hybridized carbons (Fsp3) is 0.467. The number of ketones is 1. The van der Waals surface area contributed by atoms with Gasteiger partial charge in [0.2, 0.25) is 0 Å². The Morgan fingerprint density at radius 1 is 1.22 bits per heavy atom. The monoisotopic (exact) mass is 248 g/mol. The van der Waals surface area contributed by atoms with Crippen LogP contribution in [0.25, 0.3) is 0 Å². The molecular weight excluding hydrogens is 228 g/mol. The number of ether oxygens (including phenoxy) is 1. The van der Waals surface area contributed by atoms with Gasteiger partial charge in [-0.3, -0.25) is 9.59 Å². The van der Waals surface area contributed by atoms with Crippen molar-refractivity contribution in [2.45, 2.75) is 39.5 Å². The summed E-state index contributed by atoms with van der Waals surface area (Å²) in [6.45, 7) is 3.78. The number of hydrogen-bond donors (Lipinski definition) is 0. The summed E-state index contributed by atoms with van der Waals surface area (Å²) >= 11 is 0. The van der Waals surface area contributed by atoms with Crippen LogP contribution in [0.5, 0.6) is 0 Å². The Bertz CT molecular complexity index is 410. The summed E-state index contributed by atoms with van der Waals surface area (Å²) in [7, 11) is 0. The number of hydrogen-bond acceptors (Lipinski definition) is 3. The molecule has 0 atom stereocenters. The highest BCUT2D eigenvalue weighted by molar-refractivity contribution is 5.97. The van der Waals surface area contributed by atoms with Gasteiger partial charge in [0, 0.05) is 25.3 Å². The van der Waals surface area contributed by atoms with E-state index in [1.807, 2.05) is 24.3 Å². The van der Waals surface area contributed by atoms with Crippen LogP contribution in [0.3, 0.4) is 0 Å². The largest absolute Gasteiger partial charge is 0.466 e. The van der Waals surface area contributed by atoms with Crippen molar-refractivity contribution >= 4 is 11.8 Å². The van der Waals surface area contributed by atoms with Crippen LogP contribution in [-0.4, -0.2) is 18.4 Å². The lowest BCUT2D eigenvalue weighted by atomic mass is 9.98. The van der Waals surface area contributed by atoms with Gasteiger partial charge in [0.15, 0.2) is 5.78 Å². The minimum atomic E-state index is -0.287. The zero-order valence-corrected chi connectivity index (χ0v) is 11.1. The zero-order valence-electron chi connectivity index (χ0n) is 11.1. The van der Waals surface area contributed by atoms with Crippen LogP contribution in [0.1, 0.15) is 49.0 Å². The molecule has 0 aromatic heterocycles. The molecule has 3 nitrogen and oxygen atoms in total. The lowest BCUT2D eigenvalue weighted by molar-refractivity contribution is -0.140. The van der Waals surface area contributed by atoms with E-state index < -0.39 is 0 Å². The number of esters is 1. The molecule has 0 saturated carbocycles. The maximum atomic E-state index is 12.0. The van der Waals surface area contributed by atoms with Crippen molar-refractivity contribution in [3.05, 3.63) is 35.4 Å². The summed E-state index contributed by atoms with van der Waals surface area (Å²) < 4.78 is 4.91. The van der Waals surface area contributed by atoms with Gasteiger partial charge in [-0.25, -0.2) is 0 Å².